The molecule has 0 aliphatic carbocycles. The fraction of sp³-hybridized carbons (Fsp3) is 0.500. The van der Waals surface area contributed by atoms with Crippen molar-refractivity contribution in [2.45, 2.75) is 33.6 Å². The minimum atomic E-state index is 0.0433. The van der Waals surface area contributed by atoms with Crippen LogP contribution in [-0.2, 0) is 0 Å². The van der Waals surface area contributed by atoms with Gasteiger partial charge in [0.2, 0.25) is 0 Å². The van der Waals surface area contributed by atoms with Crippen LogP contribution in [0.4, 0.5) is 0 Å². The van der Waals surface area contributed by atoms with Crippen molar-refractivity contribution in [2.24, 2.45) is 0 Å². The number of rotatable bonds is 2. The SMILES string of the molecule is Cc1c(C)c(C(C)CO)c(C)c(Cl)c1O. The lowest BCUT2D eigenvalue weighted by Gasteiger charge is -2.20. The largest absolute Gasteiger partial charge is 0.506 e. The first-order valence-corrected chi connectivity index (χ1v) is 5.38. The van der Waals surface area contributed by atoms with Crippen molar-refractivity contribution in [3.05, 3.63) is 27.3 Å². The highest BCUT2D eigenvalue weighted by Crippen LogP contribution is 2.38. The van der Waals surface area contributed by atoms with Gasteiger partial charge in [-0.2, -0.15) is 0 Å². The molecule has 1 aromatic rings. The first-order valence-electron chi connectivity index (χ1n) is 5.00. The quantitative estimate of drug-likeness (QED) is 0.817. The maximum Gasteiger partial charge on any atom is 0.137 e. The molecular formula is C12H17ClO2. The van der Waals surface area contributed by atoms with E-state index in [0.717, 1.165) is 22.3 Å². The highest BCUT2D eigenvalue weighted by atomic mass is 35.5. The molecule has 0 amide bonds. The van der Waals surface area contributed by atoms with Gasteiger partial charge in [0.1, 0.15) is 5.75 Å². The number of hydrogen-bond acceptors (Lipinski definition) is 2. The van der Waals surface area contributed by atoms with Gasteiger partial charge in [-0.3, -0.25) is 0 Å². The maximum atomic E-state index is 9.75. The number of aliphatic hydroxyl groups is 1. The summed E-state index contributed by atoms with van der Waals surface area (Å²) in [7, 11) is 0. The molecule has 0 fully saturated rings. The van der Waals surface area contributed by atoms with Gasteiger partial charge in [0.15, 0.2) is 0 Å². The molecule has 1 aromatic carbocycles. The van der Waals surface area contributed by atoms with Gasteiger partial charge in [-0.15, -0.1) is 0 Å². The third-order valence-corrected chi connectivity index (χ3v) is 3.49. The summed E-state index contributed by atoms with van der Waals surface area (Å²) in [6.07, 6.45) is 0. The molecule has 1 rings (SSSR count). The second kappa shape index (κ2) is 4.42. The third kappa shape index (κ3) is 1.97. The zero-order chi connectivity index (χ0) is 11.7. The van der Waals surface area contributed by atoms with Gasteiger partial charge in [0.25, 0.3) is 0 Å². The van der Waals surface area contributed by atoms with E-state index < -0.39 is 0 Å². The highest BCUT2D eigenvalue weighted by Gasteiger charge is 2.18. The predicted molar refractivity (Wildman–Crippen MR) is 62.8 cm³/mol. The van der Waals surface area contributed by atoms with Crippen LogP contribution in [0.5, 0.6) is 5.75 Å². The molecule has 1 unspecified atom stereocenters. The van der Waals surface area contributed by atoms with E-state index in [4.69, 9.17) is 11.6 Å². The molecule has 0 aliphatic heterocycles. The average molecular weight is 229 g/mol. The molecule has 2 N–H and O–H groups in total. The van der Waals surface area contributed by atoms with Crippen LogP contribution < -0.4 is 0 Å². The number of halogens is 1. The molecule has 0 saturated carbocycles. The van der Waals surface area contributed by atoms with Crippen molar-refractivity contribution in [1.29, 1.82) is 0 Å². The molecule has 84 valence electrons. The number of hydrogen-bond donors (Lipinski definition) is 2. The normalized spacial score (nSPS) is 12.9. The topological polar surface area (TPSA) is 40.5 Å². The van der Waals surface area contributed by atoms with E-state index in [1.165, 1.54) is 0 Å². The Morgan fingerprint density at radius 2 is 1.67 bits per heavy atom. The number of aliphatic hydroxyl groups excluding tert-OH is 1. The van der Waals surface area contributed by atoms with Crippen molar-refractivity contribution >= 4 is 11.6 Å². The number of benzene rings is 1. The molecule has 0 heterocycles. The Labute approximate surface area is 95.5 Å². The van der Waals surface area contributed by atoms with Crippen molar-refractivity contribution in [3.63, 3.8) is 0 Å². The monoisotopic (exact) mass is 228 g/mol. The van der Waals surface area contributed by atoms with Gasteiger partial charge in [-0.1, -0.05) is 18.5 Å². The average Bonchev–Trinajstić information content (AvgIpc) is 2.23. The summed E-state index contributed by atoms with van der Waals surface area (Å²) in [5.74, 6) is 0.197. The molecule has 0 radical (unpaired) electrons. The van der Waals surface area contributed by atoms with Crippen LogP contribution in [0.3, 0.4) is 0 Å². The van der Waals surface area contributed by atoms with Crippen LogP contribution >= 0.6 is 11.6 Å². The Bertz CT molecular complexity index is 357. The summed E-state index contributed by atoms with van der Waals surface area (Å²) >= 11 is 6.03. The van der Waals surface area contributed by atoms with Gasteiger partial charge in [-0.25, -0.2) is 0 Å². The molecule has 15 heavy (non-hydrogen) atoms. The number of aromatic hydroxyl groups is 1. The molecule has 0 bridgehead atoms. The Hall–Kier alpha value is -0.730. The van der Waals surface area contributed by atoms with E-state index in [-0.39, 0.29) is 18.3 Å². The molecule has 2 nitrogen and oxygen atoms in total. The van der Waals surface area contributed by atoms with Gasteiger partial charge in [-0.05, 0) is 43.0 Å². The maximum absolute atomic E-state index is 9.75. The molecule has 0 aromatic heterocycles. The van der Waals surface area contributed by atoms with Crippen LogP contribution in [0.2, 0.25) is 5.02 Å². The van der Waals surface area contributed by atoms with E-state index in [9.17, 15) is 10.2 Å². The summed E-state index contributed by atoms with van der Waals surface area (Å²) in [5.41, 5.74) is 3.70. The van der Waals surface area contributed by atoms with E-state index in [1.54, 1.807) is 0 Å². The minimum Gasteiger partial charge on any atom is -0.506 e. The Kier molecular flexibility index (Phi) is 3.63. The highest BCUT2D eigenvalue weighted by molar-refractivity contribution is 6.33. The van der Waals surface area contributed by atoms with Crippen molar-refractivity contribution in [2.75, 3.05) is 6.61 Å². The second-order valence-corrected chi connectivity index (χ2v) is 4.41. The standard InChI is InChI=1S/C12H17ClO2/c1-6(5-14)10-7(2)8(3)12(15)11(13)9(10)4/h6,14-15H,5H2,1-4H3. The fourth-order valence-corrected chi connectivity index (χ4v) is 2.20. The first kappa shape index (κ1) is 12.3. The van der Waals surface area contributed by atoms with Gasteiger partial charge >= 0.3 is 0 Å². The lowest BCUT2D eigenvalue weighted by atomic mass is 9.89. The summed E-state index contributed by atoms with van der Waals surface area (Å²) in [5, 5.41) is 19.3. The summed E-state index contributed by atoms with van der Waals surface area (Å²) in [6.45, 7) is 7.68. The molecule has 3 heteroatoms. The first-order chi connectivity index (χ1) is 6.91. The van der Waals surface area contributed by atoms with Crippen LogP contribution in [0, 0.1) is 20.8 Å². The van der Waals surface area contributed by atoms with Crippen LogP contribution in [0.25, 0.3) is 0 Å². The molecule has 0 spiro atoms. The smallest absolute Gasteiger partial charge is 0.137 e. The minimum absolute atomic E-state index is 0.0433. The fourth-order valence-electron chi connectivity index (χ4n) is 1.95. The van der Waals surface area contributed by atoms with E-state index in [1.807, 2.05) is 27.7 Å². The predicted octanol–water partition coefficient (Wildman–Crippen LogP) is 3.07. The molecule has 0 aliphatic rings. The van der Waals surface area contributed by atoms with Crippen molar-refractivity contribution in [3.8, 4) is 5.75 Å². The van der Waals surface area contributed by atoms with Crippen LogP contribution in [0.15, 0.2) is 0 Å². The van der Waals surface area contributed by atoms with Gasteiger partial charge < -0.3 is 10.2 Å². The zero-order valence-corrected chi connectivity index (χ0v) is 10.3. The van der Waals surface area contributed by atoms with Crippen LogP contribution in [0.1, 0.15) is 35.1 Å². The van der Waals surface area contributed by atoms with E-state index in [0.29, 0.717) is 5.02 Å². The van der Waals surface area contributed by atoms with E-state index >= 15 is 0 Å². The second-order valence-electron chi connectivity index (χ2n) is 4.03. The lowest BCUT2D eigenvalue weighted by molar-refractivity contribution is 0.272. The Morgan fingerprint density at radius 1 is 1.13 bits per heavy atom. The molecule has 1 atom stereocenters. The number of phenols is 1. The van der Waals surface area contributed by atoms with Gasteiger partial charge in [0, 0.05) is 12.5 Å². The summed E-state index contributed by atoms with van der Waals surface area (Å²) in [6, 6.07) is 0. The van der Waals surface area contributed by atoms with E-state index in [2.05, 4.69) is 0 Å². The molecular weight excluding hydrogens is 212 g/mol. The lowest BCUT2D eigenvalue weighted by Crippen LogP contribution is -2.06. The van der Waals surface area contributed by atoms with Crippen LogP contribution in [-0.4, -0.2) is 16.8 Å². The van der Waals surface area contributed by atoms with Crippen molar-refractivity contribution in [1.82, 2.24) is 0 Å². The summed E-state index contributed by atoms with van der Waals surface area (Å²) < 4.78 is 0. The molecule has 0 saturated heterocycles. The van der Waals surface area contributed by atoms with Gasteiger partial charge in [0.05, 0.1) is 5.02 Å². The Balaban J connectivity index is 3.52. The zero-order valence-electron chi connectivity index (χ0n) is 9.56. The third-order valence-electron chi connectivity index (χ3n) is 3.03. The summed E-state index contributed by atoms with van der Waals surface area (Å²) in [4.78, 5) is 0. The van der Waals surface area contributed by atoms with Crippen molar-refractivity contribution < 1.29 is 10.2 Å². The Morgan fingerprint density at radius 3 is 2.13 bits per heavy atom. The number of phenolic OH excluding ortho intramolecular Hbond substituents is 1.